The van der Waals surface area contributed by atoms with E-state index in [1.165, 1.54) is 193 Å². The second-order valence-corrected chi connectivity index (χ2v) is 20.0. The van der Waals surface area contributed by atoms with Crippen LogP contribution in [0.5, 0.6) is 0 Å². The van der Waals surface area contributed by atoms with Crippen molar-refractivity contribution in [3.05, 3.63) is 0 Å². The van der Waals surface area contributed by atoms with Gasteiger partial charge in [-0.25, -0.2) is 0 Å². The molecule has 388 valence electrons. The summed E-state index contributed by atoms with van der Waals surface area (Å²) in [7, 11) is 0. The maximum atomic E-state index is 13.1. The molecule has 1 fully saturated rings. The maximum absolute atomic E-state index is 13.1. The van der Waals surface area contributed by atoms with Gasteiger partial charge in [-0.3, -0.25) is 4.79 Å². The predicted octanol–water partition coefficient (Wildman–Crippen LogP) is 11.0. The number of carbonyl (C=O) groups is 1. The standard InChI is InChI=1S/C54H107NO10/c1-3-5-7-9-11-13-15-17-18-19-20-21-22-23-24-25-26-27-28-29-30-32-33-35-37-39-41-46(57)49(59)45(44-64-54-52(62)51(61)50(60)48(43-56)65-54)55-53(63)47(58)42-40-38-36-34-31-16-14-12-10-8-6-4-2/h45-52,54,56-62H,3-44H2,1-2H3,(H,55,63). The van der Waals surface area contributed by atoms with E-state index in [1.807, 2.05) is 0 Å². The SMILES string of the molecule is CCCCCCCCCCCCCCCCCCCCCCCCCCCCC(O)C(O)C(COC1OC(CO)C(O)C(O)C1O)NC(=O)C(O)CCCCCCCCCCCCCC. The Balaban J connectivity index is 2.26. The molecule has 9 atom stereocenters. The van der Waals surface area contributed by atoms with Gasteiger partial charge in [0.1, 0.15) is 36.6 Å². The first kappa shape index (κ1) is 62.1. The third-order valence-corrected chi connectivity index (χ3v) is 13.9. The third kappa shape index (κ3) is 33.3. The van der Waals surface area contributed by atoms with Crippen LogP contribution in [-0.4, -0.2) is 110 Å². The Kier molecular flexibility index (Phi) is 42.4. The summed E-state index contributed by atoms with van der Waals surface area (Å²) in [5.41, 5.74) is 0. The molecule has 1 amide bonds. The van der Waals surface area contributed by atoms with Gasteiger partial charge < -0.3 is 50.5 Å². The van der Waals surface area contributed by atoms with E-state index in [9.17, 15) is 40.5 Å². The minimum absolute atomic E-state index is 0.266. The van der Waals surface area contributed by atoms with E-state index in [-0.39, 0.29) is 6.42 Å². The summed E-state index contributed by atoms with van der Waals surface area (Å²) < 4.78 is 11.1. The quantitative estimate of drug-likeness (QED) is 0.0273. The van der Waals surface area contributed by atoms with E-state index >= 15 is 0 Å². The van der Waals surface area contributed by atoms with Crippen molar-refractivity contribution in [1.29, 1.82) is 0 Å². The summed E-state index contributed by atoms with van der Waals surface area (Å²) in [5, 5.41) is 75.9. The van der Waals surface area contributed by atoms with Gasteiger partial charge in [0.05, 0.1) is 25.4 Å². The van der Waals surface area contributed by atoms with Crippen LogP contribution in [0.1, 0.15) is 271 Å². The van der Waals surface area contributed by atoms with Crippen molar-refractivity contribution >= 4 is 5.91 Å². The van der Waals surface area contributed by atoms with Crippen molar-refractivity contribution in [2.75, 3.05) is 13.2 Å². The number of amides is 1. The first-order chi connectivity index (χ1) is 31.7. The molecule has 1 aliphatic rings. The average Bonchev–Trinajstić information content (AvgIpc) is 3.31. The summed E-state index contributed by atoms with van der Waals surface area (Å²) in [6, 6.07) is -1.16. The van der Waals surface area contributed by atoms with Gasteiger partial charge in [0.15, 0.2) is 6.29 Å². The summed E-state index contributed by atoms with van der Waals surface area (Å²) >= 11 is 0. The number of unbranched alkanes of at least 4 members (excludes halogenated alkanes) is 36. The predicted molar refractivity (Wildman–Crippen MR) is 266 cm³/mol. The van der Waals surface area contributed by atoms with Crippen LogP contribution in [0, 0.1) is 0 Å². The van der Waals surface area contributed by atoms with Crippen LogP contribution in [0.15, 0.2) is 0 Å². The average molecular weight is 930 g/mol. The fourth-order valence-corrected chi connectivity index (χ4v) is 9.33. The number of aliphatic hydroxyl groups is 7. The number of hydrogen-bond donors (Lipinski definition) is 8. The highest BCUT2D eigenvalue weighted by Crippen LogP contribution is 2.23. The number of ether oxygens (including phenoxy) is 2. The zero-order valence-electron chi connectivity index (χ0n) is 42.2. The Hall–Kier alpha value is -0.890. The van der Waals surface area contributed by atoms with Crippen LogP contribution in [-0.2, 0) is 14.3 Å². The van der Waals surface area contributed by atoms with Crippen LogP contribution < -0.4 is 5.32 Å². The van der Waals surface area contributed by atoms with E-state index in [2.05, 4.69) is 19.2 Å². The van der Waals surface area contributed by atoms with Crippen molar-refractivity contribution < 1.29 is 50.0 Å². The lowest BCUT2D eigenvalue weighted by molar-refractivity contribution is -0.303. The van der Waals surface area contributed by atoms with E-state index in [0.29, 0.717) is 19.3 Å². The van der Waals surface area contributed by atoms with Crippen LogP contribution in [0.3, 0.4) is 0 Å². The van der Waals surface area contributed by atoms with Gasteiger partial charge in [0, 0.05) is 0 Å². The Labute approximate surface area is 399 Å². The fraction of sp³-hybridized carbons (Fsp3) is 0.981. The van der Waals surface area contributed by atoms with E-state index in [1.54, 1.807) is 0 Å². The molecule has 8 N–H and O–H groups in total. The highest BCUT2D eigenvalue weighted by atomic mass is 16.7. The second-order valence-electron chi connectivity index (χ2n) is 20.0. The normalized spacial score (nSPS) is 20.8. The maximum Gasteiger partial charge on any atom is 0.249 e. The zero-order chi connectivity index (χ0) is 47.6. The smallest absolute Gasteiger partial charge is 0.249 e. The Morgan fingerprint density at radius 2 is 0.800 bits per heavy atom. The molecule has 0 aliphatic carbocycles. The van der Waals surface area contributed by atoms with Crippen molar-refractivity contribution in [3.8, 4) is 0 Å². The van der Waals surface area contributed by atoms with Crippen molar-refractivity contribution in [3.63, 3.8) is 0 Å². The molecule has 9 unspecified atom stereocenters. The topological polar surface area (TPSA) is 189 Å². The summed E-state index contributed by atoms with van der Waals surface area (Å²) in [6.07, 6.45) is 37.4. The zero-order valence-corrected chi connectivity index (χ0v) is 42.2. The number of rotatable bonds is 48. The van der Waals surface area contributed by atoms with Gasteiger partial charge in [-0.15, -0.1) is 0 Å². The van der Waals surface area contributed by atoms with Gasteiger partial charge >= 0.3 is 0 Å². The van der Waals surface area contributed by atoms with Crippen LogP contribution in [0.25, 0.3) is 0 Å². The van der Waals surface area contributed by atoms with Crippen LogP contribution in [0.4, 0.5) is 0 Å². The van der Waals surface area contributed by atoms with E-state index < -0.39 is 74.2 Å². The van der Waals surface area contributed by atoms with Gasteiger partial charge in [0.25, 0.3) is 0 Å². The van der Waals surface area contributed by atoms with E-state index in [4.69, 9.17) is 9.47 Å². The molecule has 11 heteroatoms. The van der Waals surface area contributed by atoms with E-state index in [0.717, 1.165) is 38.5 Å². The highest BCUT2D eigenvalue weighted by Gasteiger charge is 2.44. The molecule has 1 aliphatic heterocycles. The van der Waals surface area contributed by atoms with Gasteiger partial charge in [0.2, 0.25) is 5.91 Å². The van der Waals surface area contributed by atoms with Gasteiger partial charge in [-0.05, 0) is 12.8 Å². The summed E-state index contributed by atoms with van der Waals surface area (Å²) in [4.78, 5) is 13.1. The molecule has 0 saturated carbocycles. The van der Waals surface area contributed by atoms with Crippen LogP contribution >= 0.6 is 0 Å². The molecule has 65 heavy (non-hydrogen) atoms. The van der Waals surface area contributed by atoms with Crippen molar-refractivity contribution in [1.82, 2.24) is 5.32 Å². The van der Waals surface area contributed by atoms with Gasteiger partial charge in [-0.2, -0.15) is 0 Å². The number of hydrogen-bond acceptors (Lipinski definition) is 10. The minimum Gasteiger partial charge on any atom is -0.394 e. The molecule has 0 bridgehead atoms. The molecule has 1 heterocycles. The van der Waals surface area contributed by atoms with Crippen molar-refractivity contribution in [2.45, 2.75) is 326 Å². The number of aliphatic hydroxyl groups excluding tert-OH is 7. The molecule has 0 aromatic heterocycles. The molecule has 0 radical (unpaired) electrons. The molecule has 1 saturated heterocycles. The lowest BCUT2D eigenvalue weighted by Crippen LogP contribution is -2.60. The number of carbonyl (C=O) groups excluding carboxylic acids is 1. The number of nitrogens with one attached hydrogen (secondary N) is 1. The molecule has 0 spiro atoms. The molecule has 0 aromatic carbocycles. The first-order valence-corrected chi connectivity index (χ1v) is 27.9. The fourth-order valence-electron chi connectivity index (χ4n) is 9.33. The largest absolute Gasteiger partial charge is 0.394 e. The monoisotopic (exact) mass is 930 g/mol. The molecular weight excluding hydrogens is 823 g/mol. The van der Waals surface area contributed by atoms with Gasteiger partial charge in [-0.1, -0.05) is 258 Å². The molecule has 1 rings (SSSR count). The first-order valence-electron chi connectivity index (χ1n) is 27.9. The lowest BCUT2D eigenvalue weighted by atomic mass is 9.98. The molecule has 11 nitrogen and oxygen atoms in total. The lowest BCUT2D eigenvalue weighted by Gasteiger charge is -2.40. The Morgan fingerprint density at radius 1 is 0.477 bits per heavy atom. The third-order valence-electron chi connectivity index (χ3n) is 13.9. The Bertz CT molecular complexity index is 1020. The van der Waals surface area contributed by atoms with Crippen molar-refractivity contribution in [2.24, 2.45) is 0 Å². The van der Waals surface area contributed by atoms with Crippen LogP contribution in [0.2, 0.25) is 0 Å². The highest BCUT2D eigenvalue weighted by molar-refractivity contribution is 5.80. The second kappa shape index (κ2) is 44.3. The summed E-state index contributed by atoms with van der Waals surface area (Å²) in [5.74, 6) is -0.693. The minimum atomic E-state index is -1.66. The molecular formula is C54H107NO10. The summed E-state index contributed by atoms with van der Waals surface area (Å²) in [6.45, 7) is 3.47. The molecule has 0 aromatic rings. The Morgan fingerprint density at radius 3 is 1.14 bits per heavy atom.